The monoisotopic (exact) mass is 396 g/mol. The molecule has 28 heavy (non-hydrogen) atoms. The summed E-state index contributed by atoms with van der Waals surface area (Å²) in [5.74, 6) is 1.71. The van der Waals surface area contributed by atoms with E-state index in [0.29, 0.717) is 19.4 Å². The van der Waals surface area contributed by atoms with Gasteiger partial charge in [-0.05, 0) is 42.3 Å². The molecule has 0 bridgehead atoms. The first-order valence-corrected chi connectivity index (χ1v) is 10.0. The minimum Gasteiger partial charge on any atom is -0.497 e. The summed E-state index contributed by atoms with van der Waals surface area (Å²) < 4.78 is 10.5. The molecule has 0 fully saturated rings. The summed E-state index contributed by atoms with van der Waals surface area (Å²) in [6.07, 6.45) is 1.82. The van der Waals surface area contributed by atoms with Crippen molar-refractivity contribution in [3.63, 3.8) is 0 Å². The first-order chi connectivity index (χ1) is 13.7. The fourth-order valence-corrected chi connectivity index (χ4v) is 3.68. The lowest BCUT2D eigenvalue weighted by molar-refractivity contribution is -0.121. The number of nitrogens with one attached hydrogen (secondary N) is 1. The highest BCUT2D eigenvalue weighted by molar-refractivity contribution is 7.09. The topological polar surface area (TPSA) is 60.5 Å². The predicted molar refractivity (Wildman–Crippen MR) is 112 cm³/mol. The number of thiazole rings is 1. The van der Waals surface area contributed by atoms with E-state index in [1.807, 2.05) is 53.9 Å². The summed E-state index contributed by atoms with van der Waals surface area (Å²) in [6, 6.07) is 15.7. The van der Waals surface area contributed by atoms with Gasteiger partial charge in [-0.1, -0.05) is 18.2 Å². The molecule has 0 unspecified atom stereocenters. The molecular weight excluding hydrogens is 372 g/mol. The highest BCUT2D eigenvalue weighted by atomic mass is 32.1. The first kappa shape index (κ1) is 19.9. The molecule has 0 aliphatic heterocycles. The maximum atomic E-state index is 12.1. The van der Waals surface area contributed by atoms with Crippen molar-refractivity contribution < 1.29 is 14.3 Å². The Morgan fingerprint density at radius 1 is 1.04 bits per heavy atom. The number of para-hydroxylation sites is 1. The summed E-state index contributed by atoms with van der Waals surface area (Å²) in [4.78, 5) is 16.8. The van der Waals surface area contributed by atoms with Gasteiger partial charge in [0.25, 0.3) is 0 Å². The molecular formula is C22H24N2O3S. The molecule has 146 valence electrons. The van der Waals surface area contributed by atoms with Crippen molar-refractivity contribution in [1.29, 1.82) is 0 Å². The average molecular weight is 397 g/mol. The van der Waals surface area contributed by atoms with Gasteiger partial charge in [0.2, 0.25) is 5.91 Å². The van der Waals surface area contributed by atoms with E-state index in [0.717, 1.165) is 39.7 Å². The molecule has 3 aromatic rings. The lowest BCUT2D eigenvalue weighted by Gasteiger charge is -2.08. The van der Waals surface area contributed by atoms with Crippen molar-refractivity contribution >= 4 is 17.2 Å². The van der Waals surface area contributed by atoms with Crippen molar-refractivity contribution in [3.8, 4) is 22.8 Å². The molecule has 0 aliphatic rings. The van der Waals surface area contributed by atoms with E-state index in [-0.39, 0.29) is 5.91 Å². The molecule has 0 aliphatic carbocycles. The molecule has 0 saturated carbocycles. The number of aryl methyl sites for hydroxylation is 1. The summed E-state index contributed by atoms with van der Waals surface area (Å²) >= 11 is 1.58. The molecule has 1 amide bonds. The molecule has 1 aromatic heterocycles. The first-order valence-electron chi connectivity index (χ1n) is 9.17. The number of carbonyl (C=O) groups excluding carboxylic acids is 1. The highest BCUT2D eigenvalue weighted by Gasteiger charge is 2.08. The van der Waals surface area contributed by atoms with Crippen LogP contribution in [0, 0.1) is 0 Å². The third-order valence-corrected chi connectivity index (χ3v) is 5.32. The van der Waals surface area contributed by atoms with Gasteiger partial charge in [0, 0.05) is 30.3 Å². The Labute approximate surface area is 169 Å². The molecule has 5 nitrogen and oxygen atoms in total. The van der Waals surface area contributed by atoms with Crippen LogP contribution in [0.4, 0.5) is 0 Å². The van der Waals surface area contributed by atoms with Gasteiger partial charge in [0.05, 0.1) is 24.9 Å². The van der Waals surface area contributed by atoms with E-state index >= 15 is 0 Å². The van der Waals surface area contributed by atoms with Gasteiger partial charge in [-0.3, -0.25) is 4.79 Å². The Morgan fingerprint density at radius 2 is 1.82 bits per heavy atom. The van der Waals surface area contributed by atoms with Crippen LogP contribution < -0.4 is 14.8 Å². The second-order valence-electron chi connectivity index (χ2n) is 6.27. The Bertz CT molecular complexity index is 906. The molecule has 2 aromatic carbocycles. The number of amides is 1. The number of hydrogen-bond donors (Lipinski definition) is 1. The largest absolute Gasteiger partial charge is 0.497 e. The number of carbonyl (C=O) groups is 1. The standard InChI is InChI=1S/C22H24N2O3S/c1-26-18-9-7-16(8-10-18)19-15-28-22(24-19)12-11-21(25)23-14-13-17-5-3-4-6-20(17)27-2/h3-10,15H,11-14H2,1-2H3,(H,23,25). The van der Waals surface area contributed by atoms with Gasteiger partial charge in [0.15, 0.2) is 0 Å². The van der Waals surface area contributed by atoms with Gasteiger partial charge in [-0.25, -0.2) is 4.98 Å². The number of rotatable bonds is 9. The van der Waals surface area contributed by atoms with Crippen molar-refractivity contribution in [2.45, 2.75) is 19.3 Å². The van der Waals surface area contributed by atoms with Crippen LogP contribution in [0.2, 0.25) is 0 Å². The summed E-state index contributed by atoms with van der Waals surface area (Å²) in [6.45, 7) is 0.591. The van der Waals surface area contributed by atoms with E-state index in [2.05, 4.69) is 10.3 Å². The van der Waals surface area contributed by atoms with E-state index in [1.54, 1.807) is 25.6 Å². The van der Waals surface area contributed by atoms with Crippen LogP contribution in [-0.4, -0.2) is 31.7 Å². The maximum Gasteiger partial charge on any atom is 0.220 e. The average Bonchev–Trinajstić information content (AvgIpc) is 3.22. The fraction of sp³-hybridized carbons (Fsp3) is 0.273. The summed E-state index contributed by atoms with van der Waals surface area (Å²) in [5.41, 5.74) is 3.07. The van der Waals surface area contributed by atoms with Crippen molar-refractivity contribution in [1.82, 2.24) is 10.3 Å². The maximum absolute atomic E-state index is 12.1. The third kappa shape index (κ3) is 5.33. The van der Waals surface area contributed by atoms with Crippen LogP contribution in [0.15, 0.2) is 53.9 Å². The molecule has 0 saturated heterocycles. The van der Waals surface area contributed by atoms with E-state index < -0.39 is 0 Å². The molecule has 0 spiro atoms. The van der Waals surface area contributed by atoms with Crippen LogP contribution in [-0.2, 0) is 17.6 Å². The number of nitrogens with zero attached hydrogens (tertiary/aromatic N) is 1. The van der Waals surface area contributed by atoms with Gasteiger partial charge >= 0.3 is 0 Å². The van der Waals surface area contributed by atoms with Crippen molar-refractivity contribution in [2.75, 3.05) is 20.8 Å². The van der Waals surface area contributed by atoms with Crippen LogP contribution >= 0.6 is 11.3 Å². The number of benzene rings is 2. The molecule has 6 heteroatoms. The smallest absolute Gasteiger partial charge is 0.220 e. The Balaban J connectivity index is 1.45. The molecule has 0 atom stereocenters. The highest BCUT2D eigenvalue weighted by Crippen LogP contribution is 2.24. The zero-order valence-electron chi connectivity index (χ0n) is 16.1. The predicted octanol–water partition coefficient (Wildman–Crippen LogP) is 4.12. The van der Waals surface area contributed by atoms with Gasteiger partial charge in [-0.15, -0.1) is 11.3 Å². The Morgan fingerprint density at radius 3 is 2.57 bits per heavy atom. The van der Waals surface area contributed by atoms with Crippen molar-refractivity contribution in [3.05, 3.63) is 64.5 Å². The van der Waals surface area contributed by atoms with Crippen LogP contribution in [0.5, 0.6) is 11.5 Å². The SMILES string of the molecule is COc1ccc(-c2csc(CCC(=O)NCCc3ccccc3OC)n2)cc1. The van der Waals surface area contributed by atoms with Crippen molar-refractivity contribution in [2.24, 2.45) is 0 Å². The number of ether oxygens (including phenoxy) is 2. The summed E-state index contributed by atoms with van der Waals surface area (Å²) in [7, 11) is 3.31. The molecule has 1 N–H and O–H groups in total. The lowest BCUT2D eigenvalue weighted by atomic mass is 10.1. The van der Waals surface area contributed by atoms with Gasteiger partial charge in [0.1, 0.15) is 11.5 Å². The quantitative estimate of drug-likeness (QED) is 0.591. The molecule has 0 radical (unpaired) electrons. The second-order valence-corrected chi connectivity index (χ2v) is 7.21. The van der Waals surface area contributed by atoms with E-state index in [9.17, 15) is 4.79 Å². The van der Waals surface area contributed by atoms with Gasteiger partial charge in [-0.2, -0.15) is 0 Å². The van der Waals surface area contributed by atoms with E-state index in [1.165, 1.54) is 0 Å². The third-order valence-electron chi connectivity index (χ3n) is 4.41. The van der Waals surface area contributed by atoms with Gasteiger partial charge < -0.3 is 14.8 Å². The summed E-state index contributed by atoms with van der Waals surface area (Å²) in [5, 5.41) is 5.96. The molecule has 1 heterocycles. The van der Waals surface area contributed by atoms with Crippen LogP contribution in [0.25, 0.3) is 11.3 Å². The Kier molecular flexibility index (Phi) is 7.03. The number of aromatic nitrogens is 1. The zero-order valence-corrected chi connectivity index (χ0v) is 16.9. The fourth-order valence-electron chi connectivity index (χ4n) is 2.88. The lowest BCUT2D eigenvalue weighted by Crippen LogP contribution is -2.25. The van der Waals surface area contributed by atoms with E-state index in [4.69, 9.17) is 9.47 Å². The zero-order chi connectivity index (χ0) is 19.8. The molecule has 3 rings (SSSR count). The number of methoxy groups -OCH3 is 2. The number of hydrogen-bond acceptors (Lipinski definition) is 5. The normalized spacial score (nSPS) is 10.5. The minimum atomic E-state index is 0.0381. The minimum absolute atomic E-state index is 0.0381. The van der Waals surface area contributed by atoms with Crippen LogP contribution in [0.3, 0.4) is 0 Å². The van der Waals surface area contributed by atoms with Crippen LogP contribution in [0.1, 0.15) is 17.0 Å². The Hall–Kier alpha value is -2.86. The second kappa shape index (κ2) is 9.90.